The molecule has 1 aliphatic rings. The Morgan fingerprint density at radius 3 is 2.45 bits per heavy atom. The summed E-state index contributed by atoms with van der Waals surface area (Å²) in [7, 11) is 0. The topological polar surface area (TPSA) is 21.3 Å². The molecule has 0 amide bonds. The Morgan fingerprint density at radius 2 is 1.91 bits per heavy atom. The largest absolute Gasteiger partial charge is 0.394 e. The Kier molecular flexibility index (Phi) is 6.70. The molecule has 0 aromatic heterocycles. The van der Waals surface area contributed by atoms with Gasteiger partial charge in [0.15, 0.2) is 5.82 Å². The molecular formula is C13H14Cl2F5NO. The number of alkyl halides is 3. The van der Waals surface area contributed by atoms with Gasteiger partial charge in [-0.3, -0.25) is 0 Å². The van der Waals surface area contributed by atoms with Crippen molar-refractivity contribution in [2.75, 3.05) is 18.5 Å². The molecule has 1 saturated heterocycles. The average molecular weight is 366 g/mol. The van der Waals surface area contributed by atoms with E-state index in [0.717, 1.165) is 6.07 Å². The zero-order chi connectivity index (χ0) is 15.6. The minimum absolute atomic E-state index is 0. The van der Waals surface area contributed by atoms with E-state index in [0.29, 0.717) is 0 Å². The molecule has 0 aliphatic carbocycles. The van der Waals surface area contributed by atoms with Crippen LogP contribution in [0.25, 0.3) is 0 Å². The number of anilines is 1. The van der Waals surface area contributed by atoms with Gasteiger partial charge in [0.25, 0.3) is 0 Å². The highest BCUT2D eigenvalue weighted by Gasteiger charge is 2.42. The summed E-state index contributed by atoms with van der Waals surface area (Å²) in [6.45, 7) is -0.272. The number of hydrogen-bond donors (Lipinski definition) is 1. The van der Waals surface area contributed by atoms with Crippen LogP contribution in [0.2, 0.25) is 5.02 Å². The van der Waals surface area contributed by atoms with Crippen molar-refractivity contribution in [3.8, 4) is 0 Å². The Morgan fingerprint density at radius 1 is 1.23 bits per heavy atom. The summed E-state index contributed by atoms with van der Waals surface area (Å²) in [6, 6.07) is 2.19. The maximum atomic E-state index is 13.6. The first-order valence-electron chi connectivity index (χ1n) is 6.34. The minimum atomic E-state index is -4.25. The van der Waals surface area contributed by atoms with Gasteiger partial charge in [-0.25, -0.2) is 8.78 Å². The second-order valence-corrected chi connectivity index (χ2v) is 5.25. The normalized spacial score (nSPS) is 22.1. The van der Waals surface area contributed by atoms with Crippen molar-refractivity contribution in [2.24, 2.45) is 5.92 Å². The molecule has 126 valence electrons. The first-order valence-corrected chi connectivity index (χ1v) is 6.72. The zero-order valence-corrected chi connectivity index (χ0v) is 12.8. The van der Waals surface area contributed by atoms with Crippen LogP contribution in [0.3, 0.4) is 0 Å². The van der Waals surface area contributed by atoms with E-state index < -0.39 is 41.5 Å². The molecule has 0 bridgehead atoms. The smallest absolute Gasteiger partial charge is 0.380 e. The quantitative estimate of drug-likeness (QED) is 0.613. The summed E-state index contributed by atoms with van der Waals surface area (Å²) in [4.78, 5) is 0. The Hall–Kier alpha value is -0.790. The molecule has 1 fully saturated rings. The van der Waals surface area contributed by atoms with E-state index in [-0.39, 0.29) is 37.5 Å². The number of hydrogen-bond acceptors (Lipinski definition) is 2. The highest BCUT2D eigenvalue weighted by atomic mass is 35.5. The number of halogens is 7. The van der Waals surface area contributed by atoms with E-state index in [1.807, 2.05) is 0 Å². The van der Waals surface area contributed by atoms with Crippen LogP contribution in [0.4, 0.5) is 27.6 Å². The van der Waals surface area contributed by atoms with Crippen molar-refractivity contribution >= 4 is 29.7 Å². The number of rotatable bonds is 3. The van der Waals surface area contributed by atoms with Crippen molar-refractivity contribution in [3.05, 3.63) is 28.8 Å². The molecule has 2 rings (SSSR count). The van der Waals surface area contributed by atoms with Crippen LogP contribution < -0.4 is 5.32 Å². The van der Waals surface area contributed by atoms with Crippen molar-refractivity contribution in [3.63, 3.8) is 0 Å². The second kappa shape index (κ2) is 7.66. The predicted molar refractivity (Wildman–Crippen MR) is 75.6 cm³/mol. The van der Waals surface area contributed by atoms with E-state index in [2.05, 4.69) is 5.32 Å². The van der Waals surface area contributed by atoms with Gasteiger partial charge in [-0.1, -0.05) is 11.6 Å². The molecule has 1 aliphatic heterocycles. The molecule has 1 heterocycles. The Labute approximate surface area is 135 Å². The number of ether oxygens (including phenoxy) is 1. The third-order valence-corrected chi connectivity index (χ3v) is 3.73. The summed E-state index contributed by atoms with van der Waals surface area (Å²) >= 11 is 5.43. The van der Waals surface area contributed by atoms with Gasteiger partial charge < -0.3 is 10.1 Å². The van der Waals surface area contributed by atoms with Crippen molar-refractivity contribution in [2.45, 2.75) is 25.1 Å². The first kappa shape index (κ1) is 19.3. The van der Waals surface area contributed by atoms with Crippen LogP contribution in [0, 0.1) is 17.6 Å². The van der Waals surface area contributed by atoms with Gasteiger partial charge in [-0.15, -0.1) is 12.4 Å². The maximum absolute atomic E-state index is 13.6. The van der Waals surface area contributed by atoms with Crippen molar-refractivity contribution in [1.29, 1.82) is 0 Å². The Bertz CT molecular complexity index is 504. The van der Waals surface area contributed by atoms with Crippen molar-refractivity contribution < 1.29 is 26.7 Å². The van der Waals surface area contributed by atoms with Gasteiger partial charge in [-0.2, -0.15) is 13.2 Å². The molecule has 0 unspecified atom stereocenters. The van der Waals surface area contributed by atoms with Crippen molar-refractivity contribution in [1.82, 2.24) is 0 Å². The highest BCUT2D eigenvalue weighted by Crippen LogP contribution is 2.34. The SMILES string of the molecule is Cl.Fc1ccc(NC[C@H]2CC[C@H](C(F)(F)F)CO2)c(F)c1Cl. The molecule has 9 heteroatoms. The highest BCUT2D eigenvalue weighted by molar-refractivity contribution is 6.31. The molecular weight excluding hydrogens is 352 g/mol. The Balaban J connectivity index is 0.00000242. The monoisotopic (exact) mass is 365 g/mol. The average Bonchev–Trinajstić information content (AvgIpc) is 2.43. The molecule has 2 atom stereocenters. The molecule has 0 radical (unpaired) electrons. The van der Waals surface area contributed by atoms with Gasteiger partial charge in [0.05, 0.1) is 24.3 Å². The fraction of sp³-hybridized carbons (Fsp3) is 0.538. The van der Waals surface area contributed by atoms with Crippen LogP contribution >= 0.6 is 24.0 Å². The van der Waals surface area contributed by atoms with Crippen LogP contribution in [0.5, 0.6) is 0 Å². The standard InChI is InChI=1S/C13H13ClF5NO.ClH/c14-11-9(15)3-4-10(12(11)16)20-5-8-2-1-7(6-21-8)13(17,18)19;/h3-4,7-8,20H,1-2,5-6H2;1H/t7-,8+;/m0./s1. The van der Waals surface area contributed by atoms with E-state index >= 15 is 0 Å². The van der Waals surface area contributed by atoms with E-state index in [1.54, 1.807) is 0 Å². The summed E-state index contributed by atoms with van der Waals surface area (Å²) in [6.07, 6.45) is -4.52. The third-order valence-electron chi connectivity index (χ3n) is 3.39. The fourth-order valence-corrected chi connectivity index (χ4v) is 2.28. The van der Waals surface area contributed by atoms with Gasteiger partial charge in [0.1, 0.15) is 10.8 Å². The second-order valence-electron chi connectivity index (χ2n) is 4.88. The van der Waals surface area contributed by atoms with E-state index in [9.17, 15) is 22.0 Å². The van der Waals surface area contributed by atoms with Gasteiger partial charge in [-0.05, 0) is 25.0 Å². The summed E-state index contributed by atoms with van der Waals surface area (Å²) in [5, 5.41) is 2.05. The molecule has 2 nitrogen and oxygen atoms in total. The third kappa shape index (κ3) is 4.60. The fourth-order valence-electron chi connectivity index (χ4n) is 2.11. The first-order chi connectivity index (χ1) is 9.79. The van der Waals surface area contributed by atoms with Crippen LogP contribution in [-0.4, -0.2) is 25.4 Å². The molecule has 1 aromatic carbocycles. The lowest BCUT2D eigenvalue weighted by atomic mass is 9.98. The summed E-state index contributed by atoms with van der Waals surface area (Å²) < 4.78 is 69.1. The summed E-state index contributed by atoms with van der Waals surface area (Å²) in [5.41, 5.74) is -0.0112. The predicted octanol–water partition coefficient (Wildman–Crippen LogP) is 4.81. The van der Waals surface area contributed by atoms with Crippen LogP contribution in [0.15, 0.2) is 12.1 Å². The molecule has 1 N–H and O–H groups in total. The minimum Gasteiger partial charge on any atom is -0.380 e. The maximum Gasteiger partial charge on any atom is 0.394 e. The number of benzene rings is 1. The molecule has 22 heavy (non-hydrogen) atoms. The summed E-state index contributed by atoms with van der Waals surface area (Å²) in [5.74, 6) is -3.26. The molecule has 1 aromatic rings. The van der Waals surface area contributed by atoms with E-state index in [4.69, 9.17) is 16.3 Å². The number of nitrogens with one attached hydrogen (secondary N) is 1. The van der Waals surface area contributed by atoms with Gasteiger partial charge in [0.2, 0.25) is 0 Å². The van der Waals surface area contributed by atoms with Gasteiger partial charge in [0, 0.05) is 6.54 Å². The molecule has 0 saturated carbocycles. The van der Waals surface area contributed by atoms with E-state index in [1.165, 1.54) is 6.07 Å². The lowest BCUT2D eigenvalue weighted by molar-refractivity contribution is -0.206. The van der Waals surface area contributed by atoms with Crippen LogP contribution in [-0.2, 0) is 4.74 Å². The lowest BCUT2D eigenvalue weighted by Gasteiger charge is -2.30. The molecule has 0 spiro atoms. The lowest BCUT2D eigenvalue weighted by Crippen LogP contribution is -2.37. The van der Waals surface area contributed by atoms with Gasteiger partial charge >= 0.3 is 6.18 Å². The zero-order valence-electron chi connectivity index (χ0n) is 11.2. The van der Waals surface area contributed by atoms with Crippen LogP contribution in [0.1, 0.15) is 12.8 Å².